The van der Waals surface area contributed by atoms with E-state index in [1.54, 1.807) is 0 Å². The molecule has 2 aromatic carbocycles. The van der Waals surface area contributed by atoms with E-state index in [9.17, 15) is 0 Å². The normalized spacial score (nSPS) is 15.0. The fourth-order valence-corrected chi connectivity index (χ4v) is 3.45. The average molecular weight is 366 g/mol. The predicted molar refractivity (Wildman–Crippen MR) is 102 cm³/mol. The number of hydrogen-bond donors (Lipinski definition) is 0. The smallest absolute Gasteiger partial charge is 0.213 e. The van der Waals surface area contributed by atoms with Crippen molar-refractivity contribution < 1.29 is 4.74 Å². The predicted octanol–water partition coefficient (Wildman–Crippen LogP) is 3.43. The second-order valence-electron chi connectivity index (χ2n) is 6.22. The number of benzene rings is 2. The first-order chi connectivity index (χ1) is 12.8. The number of morpholine rings is 1. The summed E-state index contributed by atoms with van der Waals surface area (Å²) in [5.41, 5.74) is 2.67. The fourth-order valence-electron chi connectivity index (χ4n) is 3.33. The highest BCUT2D eigenvalue weighted by molar-refractivity contribution is 6.30. The number of anilines is 1. The fraction of sp³-hybridized carbons (Fsp3) is 0.211. The van der Waals surface area contributed by atoms with E-state index in [-0.39, 0.29) is 0 Å². The standard InChI is InChI=1S/C19H16ClN5O/c20-14-7-5-13(6-8-14)17-22-23-18-15-3-1-2-4-16(15)21-19(25(17)18)24-9-11-26-12-10-24/h1-8H,9-12H2. The summed E-state index contributed by atoms with van der Waals surface area (Å²) in [5.74, 6) is 1.60. The van der Waals surface area contributed by atoms with Gasteiger partial charge in [0, 0.05) is 29.1 Å². The zero-order valence-corrected chi connectivity index (χ0v) is 14.7. The second kappa shape index (κ2) is 6.23. The monoisotopic (exact) mass is 365 g/mol. The van der Waals surface area contributed by atoms with E-state index >= 15 is 0 Å². The number of para-hydroxylation sites is 1. The van der Waals surface area contributed by atoms with Gasteiger partial charge in [-0.25, -0.2) is 9.38 Å². The Morgan fingerprint density at radius 1 is 0.923 bits per heavy atom. The maximum absolute atomic E-state index is 6.05. The first kappa shape index (κ1) is 15.5. The number of halogens is 1. The van der Waals surface area contributed by atoms with Crippen molar-refractivity contribution in [3.05, 3.63) is 53.6 Å². The summed E-state index contributed by atoms with van der Waals surface area (Å²) in [6.07, 6.45) is 0. The van der Waals surface area contributed by atoms with Gasteiger partial charge in [-0.3, -0.25) is 0 Å². The van der Waals surface area contributed by atoms with Gasteiger partial charge in [0.05, 0.1) is 18.7 Å². The maximum atomic E-state index is 6.05. The molecule has 0 radical (unpaired) electrons. The third kappa shape index (κ3) is 2.50. The van der Waals surface area contributed by atoms with Crippen molar-refractivity contribution in [2.24, 2.45) is 0 Å². The lowest BCUT2D eigenvalue weighted by molar-refractivity contribution is 0.122. The minimum absolute atomic E-state index is 0.689. The largest absolute Gasteiger partial charge is 0.378 e. The summed E-state index contributed by atoms with van der Waals surface area (Å²) in [6, 6.07) is 15.7. The third-order valence-corrected chi connectivity index (χ3v) is 4.88. The summed E-state index contributed by atoms with van der Waals surface area (Å²) < 4.78 is 7.54. The molecule has 3 heterocycles. The van der Waals surface area contributed by atoms with Crippen molar-refractivity contribution in [3.63, 3.8) is 0 Å². The SMILES string of the molecule is Clc1ccc(-c2nnc3c4ccccc4nc(N4CCOCC4)n23)cc1. The minimum atomic E-state index is 0.689. The van der Waals surface area contributed by atoms with Crippen LogP contribution >= 0.6 is 11.6 Å². The van der Waals surface area contributed by atoms with Gasteiger partial charge in [-0.15, -0.1) is 10.2 Å². The Hall–Kier alpha value is -2.70. The second-order valence-corrected chi connectivity index (χ2v) is 6.65. The molecule has 0 bridgehead atoms. The van der Waals surface area contributed by atoms with Crippen LogP contribution in [0.4, 0.5) is 5.95 Å². The molecule has 1 aliphatic heterocycles. The number of ether oxygens (including phenoxy) is 1. The van der Waals surface area contributed by atoms with E-state index in [0.717, 1.165) is 47.0 Å². The zero-order chi connectivity index (χ0) is 17.5. The lowest BCUT2D eigenvalue weighted by atomic mass is 10.2. The molecule has 0 N–H and O–H groups in total. The van der Waals surface area contributed by atoms with Crippen LogP contribution in [0.25, 0.3) is 27.9 Å². The molecule has 0 spiro atoms. The summed E-state index contributed by atoms with van der Waals surface area (Å²) in [7, 11) is 0. The summed E-state index contributed by atoms with van der Waals surface area (Å²) in [4.78, 5) is 7.16. The van der Waals surface area contributed by atoms with Crippen molar-refractivity contribution in [2.45, 2.75) is 0 Å². The van der Waals surface area contributed by atoms with Gasteiger partial charge in [-0.1, -0.05) is 23.7 Å². The third-order valence-electron chi connectivity index (χ3n) is 4.62. The van der Waals surface area contributed by atoms with Gasteiger partial charge in [0.25, 0.3) is 0 Å². The van der Waals surface area contributed by atoms with Crippen LogP contribution in [0, 0.1) is 0 Å². The molecule has 6 nitrogen and oxygen atoms in total. The summed E-state index contributed by atoms with van der Waals surface area (Å²) >= 11 is 6.05. The molecule has 130 valence electrons. The zero-order valence-electron chi connectivity index (χ0n) is 14.0. The molecule has 1 aliphatic rings. The first-order valence-corrected chi connectivity index (χ1v) is 8.91. The summed E-state index contributed by atoms with van der Waals surface area (Å²) in [6.45, 7) is 2.96. The maximum Gasteiger partial charge on any atom is 0.213 e. The molecule has 0 aliphatic carbocycles. The van der Waals surface area contributed by atoms with Crippen LogP contribution < -0.4 is 4.90 Å². The quantitative estimate of drug-likeness (QED) is 0.544. The van der Waals surface area contributed by atoms with Crippen LogP contribution in [-0.2, 0) is 4.74 Å². The highest BCUT2D eigenvalue weighted by Crippen LogP contribution is 2.29. The van der Waals surface area contributed by atoms with E-state index in [1.807, 2.05) is 52.9 Å². The van der Waals surface area contributed by atoms with Gasteiger partial charge < -0.3 is 9.64 Å². The van der Waals surface area contributed by atoms with E-state index in [2.05, 4.69) is 15.1 Å². The Kier molecular flexibility index (Phi) is 3.72. The van der Waals surface area contributed by atoms with Gasteiger partial charge >= 0.3 is 0 Å². The van der Waals surface area contributed by atoms with E-state index in [0.29, 0.717) is 18.2 Å². The topological polar surface area (TPSA) is 55.5 Å². The van der Waals surface area contributed by atoms with Gasteiger partial charge in [-0.05, 0) is 36.4 Å². The number of hydrogen-bond acceptors (Lipinski definition) is 5. The van der Waals surface area contributed by atoms with Gasteiger partial charge in [0.2, 0.25) is 5.95 Å². The molecule has 5 rings (SSSR count). The van der Waals surface area contributed by atoms with Crippen molar-refractivity contribution in [1.82, 2.24) is 19.6 Å². The molecule has 0 amide bonds. The minimum Gasteiger partial charge on any atom is -0.378 e. The Morgan fingerprint density at radius 2 is 1.69 bits per heavy atom. The highest BCUT2D eigenvalue weighted by Gasteiger charge is 2.21. The molecular formula is C19H16ClN5O. The van der Waals surface area contributed by atoms with Gasteiger partial charge in [0.1, 0.15) is 0 Å². The Balaban J connectivity index is 1.81. The molecule has 4 aromatic rings. The molecule has 1 saturated heterocycles. The lowest BCUT2D eigenvalue weighted by Gasteiger charge is -2.28. The Bertz CT molecular complexity index is 1090. The molecule has 0 atom stereocenters. The number of aromatic nitrogens is 4. The molecule has 2 aromatic heterocycles. The van der Waals surface area contributed by atoms with Gasteiger partial charge in [0.15, 0.2) is 11.5 Å². The van der Waals surface area contributed by atoms with Crippen LogP contribution in [0.15, 0.2) is 48.5 Å². The number of rotatable bonds is 2. The van der Waals surface area contributed by atoms with Crippen LogP contribution in [0.2, 0.25) is 5.02 Å². The number of fused-ring (bicyclic) bond motifs is 3. The van der Waals surface area contributed by atoms with Crippen molar-refractivity contribution in [2.75, 3.05) is 31.2 Å². The molecular weight excluding hydrogens is 350 g/mol. The average Bonchev–Trinajstić information content (AvgIpc) is 3.14. The van der Waals surface area contributed by atoms with E-state index in [1.165, 1.54) is 0 Å². The van der Waals surface area contributed by atoms with Crippen LogP contribution in [0.5, 0.6) is 0 Å². The van der Waals surface area contributed by atoms with Crippen LogP contribution in [-0.4, -0.2) is 45.9 Å². The highest BCUT2D eigenvalue weighted by atomic mass is 35.5. The molecule has 26 heavy (non-hydrogen) atoms. The Labute approximate surface area is 155 Å². The molecule has 7 heteroatoms. The summed E-state index contributed by atoms with van der Waals surface area (Å²) in [5, 5.41) is 10.6. The van der Waals surface area contributed by atoms with Crippen molar-refractivity contribution in [1.29, 1.82) is 0 Å². The van der Waals surface area contributed by atoms with E-state index in [4.69, 9.17) is 21.3 Å². The van der Waals surface area contributed by atoms with Crippen molar-refractivity contribution in [3.8, 4) is 11.4 Å². The van der Waals surface area contributed by atoms with E-state index < -0.39 is 0 Å². The number of nitrogens with zero attached hydrogens (tertiary/aromatic N) is 5. The van der Waals surface area contributed by atoms with Crippen LogP contribution in [0.1, 0.15) is 0 Å². The Morgan fingerprint density at radius 3 is 2.50 bits per heavy atom. The lowest BCUT2D eigenvalue weighted by Crippen LogP contribution is -2.38. The first-order valence-electron chi connectivity index (χ1n) is 8.54. The molecule has 0 saturated carbocycles. The molecule has 0 unspecified atom stereocenters. The molecule has 1 fully saturated rings. The van der Waals surface area contributed by atoms with Gasteiger partial charge in [-0.2, -0.15) is 0 Å². The van der Waals surface area contributed by atoms with Crippen molar-refractivity contribution >= 4 is 34.1 Å². The van der Waals surface area contributed by atoms with Crippen LogP contribution in [0.3, 0.4) is 0 Å².